The zero-order chi connectivity index (χ0) is 12.4. The summed E-state index contributed by atoms with van der Waals surface area (Å²) in [5.74, 6) is 5.65. The summed E-state index contributed by atoms with van der Waals surface area (Å²) in [5.41, 5.74) is 6.14. The molecule has 90 valence electrons. The van der Waals surface area contributed by atoms with Crippen LogP contribution in [-0.4, -0.2) is 0 Å². The second-order valence-electron chi connectivity index (χ2n) is 4.12. The lowest BCUT2D eigenvalue weighted by atomic mass is 10.0. The van der Waals surface area contributed by atoms with Gasteiger partial charge in [0, 0.05) is 9.90 Å². The Morgan fingerprint density at radius 3 is 2.59 bits per heavy atom. The Balaban J connectivity index is 2.42. The summed E-state index contributed by atoms with van der Waals surface area (Å²) in [6.45, 7) is 4.10. The van der Waals surface area contributed by atoms with E-state index in [0.717, 1.165) is 21.7 Å². The number of aryl methyl sites for hydroxylation is 2. The van der Waals surface area contributed by atoms with E-state index in [1.165, 1.54) is 4.88 Å². The molecule has 0 aliphatic carbocycles. The molecule has 0 aliphatic heterocycles. The highest BCUT2D eigenvalue weighted by Gasteiger charge is 2.16. The highest BCUT2D eigenvalue weighted by Crippen LogP contribution is 2.30. The lowest BCUT2D eigenvalue weighted by molar-refractivity contribution is 0.638. The smallest absolute Gasteiger partial charge is 0.0732 e. The van der Waals surface area contributed by atoms with Gasteiger partial charge in [0.2, 0.25) is 0 Å². The van der Waals surface area contributed by atoms with Crippen molar-refractivity contribution >= 4 is 22.9 Å². The molecule has 0 radical (unpaired) electrons. The molecule has 0 spiro atoms. The largest absolute Gasteiger partial charge is 0.271 e. The maximum absolute atomic E-state index is 6.27. The number of nitrogens with one attached hydrogen (secondary N) is 1. The Kier molecular flexibility index (Phi) is 3.84. The molecule has 0 bridgehead atoms. The fraction of sp³-hybridized carbons (Fsp3) is 0.231. The molecular formula is C13H15ClN2S. The number of benzene rings is 1. The molecule has 17 heavy (non-hydrogen) atoms. The summed E-state index contributed by atoms with van der Waals surface area (Å²) in [6, 6.07) is 8.11. The predicted octanol–water partition coefficient (Wildman–Crippen LogP) is 3.57. The number of nitrogens with two attached hydrogens (primary N) is 1. The van der Waals surface area contributed by atoms with Crippen molar-refractivity contribution < 1.29 is 0 Å². The normalized spacial score (nSPS) is 12.7. The fourth-order valence-corrected chi connectivity index (χ4v) is 2.92. The van der Waals surface area contributed by atoms with Crippen molar-refractivity contribution in [3.8, 4) is 0 Å². The number of hydrogen-bond acceptors (Lipinski definition) is 3. The molecule has 1 aromatic carbocycles. The first kappa shape index (κ1) is 12.6. The third kappa shape index (κ3) is 2.69. The molecule has 2 rings (SSSR count). The molecule has 2 nitrogen and oxygen atoms in total. The third-order valence-electron chi connectivity index (χ3n) is 2.72. The Labute approximate surface area is 110 Å². The van der Waals surface area contributed by atoms with Crippen LogP contribution in [0.4, 0.5) is 0 Å². The van der Waals surface area contributed by atoms with Crippen LogP contribution in [0.15, 0.2) is 29.6 Å². The zero-order valence-corrected chi connectivity index (χ0v) is 11.4. The van der Waals surface area contributed by atoms with Crippen LogP contribution in [-0.2, 0) is 0 Å². The van der Waals surface area contributed by atoms with Gasteiger partial charge in [0.15, 0.2) is 0 Å². The van der Waals surface area contributed by atoms with Gasteiger partial charge in [0.1, 0.15) is 0 Å². The summed E-state index contributed by atoms with van der Waals surface area (Å²) >= 11 is 7.98. The Bertz CT molecular complexity index is 522. The molecule has 1 heterocycles. The maximum Gasteiger partial charge on any atom is 0.0732 e. The Morgan fingerprint density at radius 1 is 1.29 bits per heavy atom. The van der Waals surface area contributed by atoms with Crippen LogP contribution in [0.25, 0.3) is 0 Å². The van der Waals surface area contributed by atoms with Crippen LogP contribution < -0.4 is 11.3 Å². The number of rotatable bonds is 3. The van der Waals surface area contributed by atoms with Crippen LogP contribution in [0.5, 0.6) is 0 Å². The van der Waals surface area contributed by atoms with E-state index in [9.17, 15) is 0 Å². The molecule has 1 unspecified atom stereocenters. The minimum Gasteiger partial charge on any atom is -0.271 e. The lowest BCUT2D eigenvalue weighted by Gasteiger charge is -2.17. The van der Waals surface area contributed by atoms with Gasteiger partial charge in [-0.05, 0) is 48.1 Å². The highest BCUT2D eigenvalue weighted by atomic mass is 35.5. The first-order valence-corrected chi connectivity index (χ1v) is 6.65. The first-order valence-electron chi connectivity index (χ1n) is 5.39. The average molecular weight is 267 g/mol. The third-order valence-corrected chi connectivity index (χ3v) is 3.92. The van der Waals surface area contributed by atoms with Gasteiger partial charge in [-0.25, -0.2) is 5.43 Å². The SMILES string of the molecule is Cc1ccc(C(NN)c2csc(C)c2)c(Cl)c1. The topological polar surface area (TPSA) is 38.0 Å². The lowest BCUT2D eigenvalue weighted by Crippen LogP contribution is -2.28. The van der Waals surface area contributed by atoms with Gasteiger partial charge in [-0.2, -0.15) is 0 Å². The van der Waals surface area contributed by atoms with Crippen molar-refractivity contribution in [1.29, 1.82) is 0 Å². The highest BCUT2D eigenvalue weighted by molar-refractivity contribution is 7.10. The summed E-state index contributed by atoms with van der Waals surface area (Å²) in [4.78, 5) is 1.27. The van der Waals surface area contributed by atoms with Gasteiger partial charge in [-0.1, -0.05) is 23.7 Å². The molecule has 1 atom stereocenters. The number of halogens is 1. The van der Waals surface area contributed by atoms with Gasteiger partial charge in [0.05, 0.1) is 6.04 Å². The van der Waals surface area contributed by atoms with E-state index in [1.54, 1.807) is 11.3 Å². The van der Waals surface area contributed by atoms with E-state index in [0.29, 0.717) is 0 Å². The first-order chi connectivity index (χ1) is 8.11. The molecule has 1 aromatic heterocycles. The summed E-state index contributed by atoms with van der Waals surface area (Å²) < 4.78 is 0. The van der Waals surface area contributed by atoms with Gasteiger partial charge >= 0.3 is 0 Å². The minimum absolute atomic E-state index is 0.0481. The van der Waals surface area contributed by atoms with Gasteiger partial charge in [-0.15, -0.1) is 11.3 Å². The molecule has 3 N–H and O–H groups in total. The van der Waals surface area contributed by atoms with Crippen molar-refractivity contribution in [3.63, 3.8) is 0 Å². The second-order valence-corrected chi connectivity index (χ2v) is 5.64. The van der Waals surface area contributed by atoms with E-state index in [-0.39, 0.29) is 6.04 Å². The van der Waals surface area contributed by atoms with Crippen molar-refractivity contribution in [1.82, 2.24) is 5.43 Å². The molecule has 0 amide bonds. The van der Waals surface area contributed by atoms with Gasteiger partial charge in [0.25, 0.3) is 0 Å². The summed E-state index contributed by atoms with van der Waals surface area (Å²) in [5, 5.41) is 2.85. The molecule has 4 heteroatoms. The quantitative estimate of drug-likeness (QED) is 0.658. The van der Waals surface area contributed by atoms with Gasteiger partial charge in [-0.3, -0.25) is 5.84 Å². The molecule has 2 aromatic rings. The summed E-state index contributed by atoms with van der Waals surface area (Å²) in [6.07, 6.45) is 0. The number of thiophene rings is 1. The zero-order valence-electron chi connectivity index (χ0n) is 9.83. The van der Waals surface area contributed by atoms with Crippen molar-refractivity contribution in [2.45, 2.75) is 19.9 Å². The van der Waals surface area contributed by atoms with Crippen LogP contribution in [0.2, 0.25) is 5.02 Å². The van der Waals surface area contributed by atoms with Crippen LogP contribution in [0.3, 0.4) is 0 Å². The van der Waals surface area contributed by atoms with E-state index < -0.39 is 0 Å². The number of hydrogen-bond donors (Lipinski definition) is 2. The monoisotopic (exact) mass is 266 g/mol. The van der Waals surface area contributed by atoms with Gasteiger partial charge < -0.3 is 0 Å². The van der Waals surface area contributed by atoms with Crippen molar-refractivity contribution in [2.75, 3.05) is 0 Å². The molecule has 0 saturated heterocycles. The Morgan fingerprint density at radius 2 is 2.06 bits per heavy atom. The summed E-state index contributed by atoms with van der Waals surface area (Å²) in [7, 11) is 0. The molecule has 0 fully saturated rings. The second kappa shape index (κ2) is 5.19. The van der Waals surface area contributed by atoms with E-state index in [1.807, 2.05) is 25.1 Å². The molecular weight excluding hydrogens is 252 g/mol. The van der Waals surface area contributed by atoms with E-state index >= 15 is 0 Å². The number of hydrazine groups is 1. The van der Waals surface area contributed by atoms with E-state index in [4.69, 9.17) is 17.4 Å². The Hall–Kier alpha value is -0.870. The maximum atomic E-state index is 6.27. The van der Waals surface area contributed by atoms with E-state index in [2.05, 4.69) is 23.8 Å². The minimum atomic E-state index is -0.0481. The predicted molar refractivity (Wildman–Crippen MR) is 74.4 cm³/mol. The van der Waals surface area contributed by atoms with Crippen LogP contribution >= 0.6 is 22.9 Å². The van der Waals surface area contributed by atoms with Crippen molar-refractivity contribution in [3.05, 3.63) is 56.2 Å². The molecule has 0 aliphatic rings. The van der Waals surface area contributed by atoms with Crippen LogP contribution in [0.1, 0.15) is 27.6 Å². The standard InChI is InChI=1S/C13H15ClN2S/c1-8-3-4-11(12(14)5-8)13(16-15)10-6-9(2)17-7-10/h3-7,13,16H,15H2,1-2H3. The fourth-order valence-electron chi connectivity index (χ4n) is 1.85. The van der Waals surface area contributed by atoms with Crippen molar-refractivity contribution in [2.24, 2.45) is 5.84 Å². The average Bonchev–Trinajstić information content (AvgIpc) is 2.69. The van der Waals surface area contributed by atoms with Crippen LogP contribution in [0, 0.1) is 13.8 Å². The molecule has 0 saturated carbocycles.